The van der Waals surface area contributed by atoms with E-state index in [-0.39, 0.29) is 5.82 Å². The standard InChI is InChI=1S/C10H10FN/c1-3-10(12)8-6-7(2)4-5-9(8)11/h1,4-6,10H,12H2,2H3. The summed E-state index contributed by atoms with van der Waals surface area (Å²) < 4.78 is 13.0. The predicted molar refractivity (Wildman–Crippen MR) is 46.9 cm³/mol. The molecule has 0 aromatic heterocycles. The van der Waals surface area contributed by atoms with Gasteiger partial charge < -0.3 is 5.73 Å². The molecule has 2 heteroatoms. The van der Waals surface area contributed by atoms with E-state index in [1.165, 1.54) is 6.07 Å². The van der Waals surface area contributed by atoms with Gasteiger partial charge in [-0.25, -0.2) is 4.39 Å². The number of nitrogens with two attached hydrogens (primary N) is 1. The molecule has 1 aromatic rings. The summed E-state index contributed by atoms with van der Waals surface area (Å²) in [7, 11) is 0. The molecular weight excluding hydrogens is 153 g/mol. The smallest absolute Gasteiger partial charge is 0.128 e. The fraction of sp³-hybridized carbons (Fsp3) is 0.200. The highest BCUT2D eigenvalue weighted by Gasteiger charge is 2.07. The molecule has 0 heterocycles. The number of hydrogen-bond acceptors (Lipinski definition) is 1. The first-order chi connectivity index (χ1) is 5.65. The Labute approximate surface area is 71.4 Å². The molecular formula is C10H10FN. The molecule has 1 aromatic carbocycles. The van der Waals surface area contributed by atoms with Crippen LogP contribution in [0.5, 0.6) is 0 Å². The van der Waals surface area contributed by atoms with E-state index in [1.54, 1.807) is 12.1 Å². The van der Waals surface area contributed by atoms with Crippen molar-refractivity contribution in [2.24, 2.45) is 5.73 Å². The van der Waals surface area contributed by atoms with Gasteiger partial charge in [0.1, 0.15) is 5.82 Å². The normalized spacial score (nSPS) is 12.2. The summed E-state index contributed by atoms with van der Waals surface area (Å²) in [5, 5.41) is 0. The first-order valence-corrected chi connectivity index (χ1v) is 3.63. The maximum atomic E-state index is 13.0. The van der Waals surface area contributed by atoms with Crippen LogP contribution >= 0.6 is 0 Å². The molecule has 0 fully saturated rings. The van der Waals surface area contributed by atoms with Gasteiger partial charge in [-0.2, -0.15) is 0 Å². The molecule has 1 nitrogen and oxygen atoms in total. The van der Waals surface area contributed by atoms with E-state index in [0.29, 0.717) is 5.56 Å². The first-order valence-electron chi connectivity index (χ1n) is 3.63. The third kappa shape index (κ3) is 1.63. The van der Waals surface area contributed by atoms with E-state index < -0.39 is 6.04 Å². The molecule has 1 atom stereocenters. The maximum Gasteiger partial charge on any atom is 0.128 e. The van der Waals surface area contributed by atoms with Gasteiger partial charge in [0.05, 0.1) is 6.04 Å². The molecule has 0 spiro atoms. The zero-order valence-corrected chi connectivity index (χ0v) is 6.84. The Hall–Kier alpha value is -1.33. The van der Waals surface area contributed by atoms with Crippen molar-refractivity contribution < 1.29 is 4.39 Å². The predicted octanol–water partition coefficient (Wildman–Crippen LogP) is 1.77. The highest BCUT2D eigenvalue weighted by atomic mass is 19.1. The topological polar surface area (TPSA) is 26.0 Å². The fourth-order valence-electron chi connectivity index (χ4n) is 0.991. The lowest BCUT2D eigenvalue weighted by Gasteiger charge is -2.06. The molecule has 0 bridgehead atoms. The second-order valence-corrected chi connectivity index (χ2v) is 2.67. The van der Waals surface area contributed by atoms with E-state index >= 15 is 0 Å². The average molecular weight is 163 g/mol. The number of halogens is 1. The van der Waals surface area contributed by atoms with Crippen LogP contribution in [0.4, 0.5) is 4.39 Å². The molecule has 0 saturated carbocycles. The summed E-state index contributed by atoms with van der Waals surface area (Å²) in [6.07, 6.45) is 5.08. The largest absolute Gasteiger partial charge is 0.314 e. The van der Waals surface area contributed by atoms with Gasteiger partial charge in [-0.05, 0) is 13.0 Å². The molecule has 1 unspecified atom stereocenters. The Morgan fingerprint density at radius 1 is 1.58 bits per heavy atom. The average Bonchev–Trinajstić information content (AvgIpc) is 2.08. The van der Waals surface area contributed by atoms with Gasteiger partial charge in [0.15, 0.2) is 0 Å². The minimum Gasteiger partial charge on any atom is -0.314 e. The van der Waals surface area contributed by atoms with Crippen molar-refractivity contribution >= 4 is 0 Å². The minimum atomic E-state index is -0.648. The summed E-state index contributed by atoms with van der Waals surface area (Å²) in [5.41, 5.74) is 6.83. The Morgan fingerprint density at radius 3 is 2.83 bits per heavy atom. The van der Waals surface area contributed by atoms with Crippen molar-refractivity contribution in [2.45, 2.75) is 13.0 Å². The van der Waals surface area contributed by atoms with E-state index in [0.717, 1.165) is 5.56 Å². The van der Waals surface area contributed by atoms with Crippen LogP contribution in [0.2, 0.25) is 0 Å². The molecule has 0 aliphatic carbocycles. The van der Waals surface area contributed by atoms with Gasteiger partial charge in [0, 0.05) is 5.56 Å². The van der Waals surface area contributed by atoms with Gasteiger partial charge in [-0.15, -0.1) is 6.42 Å². The van der Waals surface area contributed by atoms with E-state index in [4.69, 9.17) is 12.2 Å². The van der Waals surface area contributed by atoms with Crippen molar-refractivity contribution in [3.8, 4) is 12.3 Å². The van der Waals surface area contributed by atoms with Crippen molar-refractivity contribution in [2.75, 3.05) is 0 Å². The van der Waals surface area contributed by atoms with Gasteiger partial charge >= 0.3 is 0 Å². The van der Waals surface area contributed by atoms with Crippen molar-refractivity contribution in [1.29, 1.82) is 0 Å². The molecule has 0 amide bonds. The first kappa shape index (κ1) is 8.76. The molecule has 12 heavy (non-hydrogen) atoms. The SMILES string of the molecule is C#CC(N)c1cc(C)ccc1F. The van der Waals surface area contributed by atoms with Crippen LogP contribution < -0.4 is 5.73 Å². The zero-order valence-electron chi connectivity index (χ0n) is 6.84. The summed E-state index contributed by atoms with van der Waals surface area (Å²) in [4.78, 5) is 0. The molecule has 0 aliphatic heterocycles. The van der Waals surface area contributed by atoms with Crippen molar-refractivity contribution in [3.05, 3.63) is 35.1 Å². The van der Waals surface area contributed by atoms with Crippen molar-refractivity contribution in [3.63, 3.8) is 0 Å². The Balaban J connectivity index is 3.15. The van der Waals surface area contributed by atoms with Crippen molar-refractivity contribution in [1.82, 2.24) is 0 Å². The van der Waals surface area contributed by atoms with Crippen LogP contribution in [0.3, 0.4) is 0 Å². The highest BCUT2D eigenvalue weighted by molar-refractivity contribution is 5.30. The maximum absolute atomic E-state index is 13.0. The third-order valence-corrected chi connectivity index (χ3v) is 1.67. The Kier molecular flexibility index (Phi) is 2.47. The van der Waals surface area contributed by atoms with Gasteiger partial charge in [-0.3, -0.25) is 0 Å². The van der Waals surface area contributed by atoms with Gasteiger partial charge in [-0.1, -0.05) is 23.6 Å². The number of hydrogen-bond donors (Lipinski definition) is 1. The Bertz CT molecular complexity index is 325. The molecule has 62 valence electrons. The number of terminal acetylenes is 1. The summed E-state index contributed by atoms with van der Waals surface area (Å²) in [6, 6.07) is 4.08. The van der Waals surface area contributed by atoms with Gasteiger partial charge in [0.25, 0.3) is 0 Å². The number of rotatable bonds is 1. The quantitative estimate of drug-likeness (QED) is 0.627. The summed E-state index contributed by atoms with van der Waals surface area (Å²) >= 11 is 0. The van der Waals surface area contributed by atoms with Crippen LogP contribution in [-0.4, -0.2) is 0 Å². The second-order valence-electron chi connectivity index (χ2n) is 2.67. The minimum absolute atomic E-state index is 0.342. The summed E-state index contributed by atoms with van der Waals surface area (Å²) in [5.74, 6) is 1.95. The monoisotopic (exact) mass is 163 g/mol. The molecule has 2 N–H and O–H groups in total. The molecule has 1 rings (SSSR count). The van der Waals surface area contributed by atoms with Crippen LogP contribution in [0, 0.1) is 25.1 Å². The lowest BCUT2D eigenvalue weighted by atomic mass is 10.1. The van der Waals surface area contributed by atoms with E-state index in [2.05, 4.69) is 5.92 Å². The zero-order chi connectivity index (χ0) is 9.14. The lowest BCUT2D eigenvalue weighted by molar-refractivity contribution is 0.604. The second kappa shape index (κ2) is 3.38. The fourth-order valence-corrected chi connectivity index (χ4v) is 0.991. The van der Waals surface area contributed by atoms with E-state index in [9.17, 15) is 4.39 Å². The number of aryl methyl sites for hydroxylation is 1. The highest BCUT2D eigenvalue weighted by Crippen LogP contribution is 2.15. The van der Waals surface area contributed by atoms with Crippen LogP contribution in [0.15, 0.2) is 18.2 Å². The number of benzene rings is 1. The third-order valence-electron chi connectivity index (χ3n) is 1.67. The van der Waals surface area contributed by atoms with Crippen LogP contribution in [0.1, 0.15) is 17.2 Å². The summed E-state index contributed by atoms with van der Waals surface area (Å²) in [6.45, 7) is 1.87. The van der Waals surface area contributed by atoms with Gasteiger partial charge in [0.2, 0.25) is 0 Å². The molecule has 0 saturated heterocycles. The Morgan fingerprint density at radius 2 is 2.25 bits per heavy atom. The lowest BCUT2D eigenvalue weighted by Crippen LogP contribution is -2.09. The van der Waals surface area contributed by atoms with Crippen LogP contribution in [0.25, 0.3) is 0 Å². The van der Waals surface area contributed by atoms with E-state index in [1.807, 2.05) is 6.92 Å². The van der Waals surface area contributed by atoms with Crippen LogP contribution in [-0.2, 0) is 0 Å². The molecule has 0 radical (unpaired) electrons. The molecule has 0 aliphatic rings.